The Bertz CT molecular complexity index is 708. The summed E-state index contributed by atoms with van der Waals surface area (Å²) in [6, 6.07) is 5.51. The van der Waals surface area contributed by atoms with Crippen LogP contribution in [0.2, 0.25) is 10.4 Å². The predicted octanol–water partition coefficient (Wildman–Crippen LogP) is 2.21. The summed E-state index contributed by atoms with van der Waals surface area (Å²) in [4.78, 5) is 11.2. The second kappa shape index (κ2) is 3.37. The van der Waals surface area contributed by atoms with Crippen LogP contribution in [0.4, 0.5) is 0 Å². The maximum absolute atomic E-state index is 5.98. The Morgan fingerprint density at radius 1 is 1.19 bits per heavy atom. The molecule has 2 radical (unpaired) electrons. The predicted molar refractivity (Wildman–Crippen MR) is 66.8 cm³/mol. The van der Waals surface area contributed by atoms with Crippen LogP contribution in [0.15, 0.2) is 18.2 Å². The van der Waals surface area contributed by atoms with Gasteiger partial charge >= 0.3 is 0 Å². The zero-order chi connectivity index (χ0) is 11.3. The lowest BCUT2D eigenvalue weighted by molar-refractivity contribution is 1.22. The Hall–Kier alpha value is -1.26. The molecule has 0 atom stereocenters. The maximum atomic E-state index is 5.98. The van der Waals surface area contributed by atoms with Crippen molar-refractivity contribution in [3.05, 3.63) is 28.6 Å². The second-order valence-corrected chi connectivity index (χ2v) is 4.13. The molecule has 0 bridgehead atoms. The summed E-state index contributed by atoms with van der Waals surface area (Å²) < 4.78 is 0. The Labute approximate surface area is 102 Å². The molecule has 3 rings (SSSR count). The number of H-pyrrole nitrogens is 1. The summed E-state index contributed by atoms with van der Waals surface area (Å²) in [5.41, 5.74) is 2.93. The highest BCUT2D eigenvalue weighted by Gasteiger charge is 2.10. The van der Waals surface area contributed by atoms with Crippen LogP contribution in [0.5, 0.6) is 0 Å². The van der Waals surface area contributed by atoms with Gasteiger partial charge in [0.15, 0.2) is 5.15 Å². The Morgan fingerprint density at radius 3 is 2.81 bits per heavy atom. The number of hydrogen-bond acceptors (Lipinski definition) is 2. The van der Waals surface area contributed by atoms with Crippen LogP contribution in [0.3, 0.4) is 0 Å². The molecule has 6 heteroatoms. The number of aromatic nitrogens is 3. The van der Waals surface area contributed by atoms with Gasteiger partial charge in [-0.1, -0.05) is 29.2 Å². The van der Waals surface area contributed by atoms with E-state index >= 15 is 0 Å². The Morgan fingerprint density at radius 2 is 2.00 bits per heavy atom. The van der Waals surface area contributed by atoms with Gasteiger partial charge in [-0.3, -0.25) is 0 Å². The summed E-state index contributed by atoms with van der Waals surface area (Å²) in [7, 11) is 5.73. The van der Waals surface area contributed by atoms with Crippen molar-refractivity contribution in [1.29, 1.82) is 0 Å². The first-order valence-electron chi connectivity index (χ1n) is 4.55. The number of benzene rings is 1. The fourth-order valence-corrected chi connectivity index (χ4v) is 2.14. The third-order valence-electron chi connectivity index (χ3n) is 2.40. The molecule has 0 aliphatic carbocycles. The van der Waals surface area contributed by atoms with E-state index in [1.165, 1.54) is 0 Å². The van der Waals surface area contributed by atoms with Crippen molar-refractivity contribution in [3.63, 3.8) is 0 Å². The van der Waals surface area contributed by atoms with Crippen molar-refractivity contribution < 1.29 is 0 Å². The number of hydrogen-bond donors (Lipinski definition) is 1. The number of nitrogens with zero attached hydrogens (tertiary/aromatic N) is 2. The van der Waals surface area contributed by atoms with E-state index in [2.05, 4.69) is 15.0 Å². The van der Waals surface area contributed by atoms with Crippen molar-refractivity contribution in [2.75, 3.05) is 0 Å². The van der Waals surface area contributed by atoms with E-state index in [1.807, 2.05) is 12.1 Å². The molecule has 0 saturated carbocycles. The van der Waals surface area contributed by atoms with E-state index in [4.69, 9.17) is 31.0 Å². The molecule has 1 N–H and O–H groups in total. The van der Waals surface area contributed by atoms with Crippen molar-refractivity contribution in [2.24, 2.45) is 0 Å². The van der Waals surface area contributed by atoms with E-state index in [0.717, 1.165) is 10.9 Å². The van der Waals surface area contributed by atoms with Gasteiger partial charge in [0.05, 0.1) is 0 Å². The topological polar surface area (TPSA) is 41.6 Å². The first-order valence-corrected chi connectivity index (χ1v) is 5.31. The summed E-state index contributed by atoms with van der Waals surface area (Å²) in [5, 5.41) is 1.33. The van der Waals surface area contributed by atoms with E-state index in [0.29, 0.717) is 21.6 Å². The Balaban J connectivity index is 2.57. The molecule has 0 saturated heterocycles. The highest BCUT2D eigenvalue weighted by molar-refractivity contribution is 6.37. The quantitative estimate of drug-likeness (QED) is 0.376. The van der Waals surface area contributed by atoms with Gasteiger partial charge in [0.1, 0.15) is 18.9 Å². The molecule has 0 unspecified atom stereocenters. The van der Waals surface area contributed by atoms with Gasteiger partial charge in [0.2, 0.25) is 5.28 Å². The van der Waals surface area contributed by atoms with Crippen LogP contribution < -0.4 is 5.46 Å². The molecule has 16 heavy (non-hydrogen) atoms. The van der Waals surface area contributed by atoms with Gasteiger partial charge in [-0.25, -0.2) is 9.97 Å². The lowest BCUT2D eigenvalue weighted by Gasteiger charge is -1.94. The van der Waals surface area contributed by atoms with E-state index in [9.17, 15) is 0 Å². The van der Waals surface area contributed by atoms with Crippen LogP contribution in [-0.2, 0) is 0 Å². The minimum Gasteiger partial charge on any atom is -0.351 e. The highest BCUT2D eigenvalue weighted by Crippen LogP contribution is 2.27. The number of fused-ring (bicyclic) bond motifs is 3. The minimum absolute atomic E-state index is 0.126. The lowest BCUT2D eigenvalue weighted by Crippen LogP contribution is -1.99. The molecule has 76 valence electrons. The lowest BCUT2D eigenvalue weighted by atomic mass is 9.95. The molecule has 3 aromatic rings. The van der Waals surface area contributed by atoms with Crippen molar-refractivity contribution in [1.82, 2.24) is 15.0 Å². The van der Waals surface area contributed by atoms with Crippen LogP contribution in [0, 0.1) is 0 Å². The van der Waals surface area contributed by atoms with E-state index < -0.39 is 0 Å². The molecule has 2 aromatic heterocycles. The van der Waals surface area contributed by atoms with Gasteiger partial charge in [-0.15, -0.1) is 0 Å². The molecule has 3 nitrogen and oxygen atoms in total. The number of rotatable bonds is 0. The molecule has 0 aliphatic rings. The van der Waals surface area contributed by atoms with E-state index in [1.54, 1.807) is 6.07 Å². The first kappa shape index (κ1) is 9.93. The fourth-order valence-electron chi connectivity index (χ4n) is 1.71. The third-order valence-corrected chi connectivity index (χ3v) is 2.84. The van der Waals surface area contributed by atoms with Crippen LogP contribution >= 0.6 is 23.2 Å². The minimum atomic E-state index is 0.126. The highest BCUT2D eigenvalue weighted by atomic mass is 35.5. The smallest absolute Gasteiger partial charge is 0.224 e. The van der Waals surface area contributed by atoms with Crippen LogP contribution in [-0.4, -0.2) is 22.8 Å². The number of aromatic amines is 1. The summed E-state index contributed by atoms with van der Waals surface area (Å²) in [6.07, 6.45) is 0. The molecular formula is C10H4BCl2N3. The average Bonchev–Trinajstić information content (AvgIpc) is 2.57. The summed E-state index contributed by atoms with van der Waals surface area (Å²) in [5.74, 6) is 0. The Kier molecular flexibility index (Phi) is 2.09. The van der Waals surface area contributed by atoms with Crippen molar-refractivity contribution in [3.8, 4) is 0 Å². The van der Waals surface area contributed by atoms with Crippen LogP contribution in [0.25, 0.3) is 21.9 Å². The van der Waals surface area contributed by atoms with Crippen molar-refractivity contribution in [2.45, 2.75) is 0 Å². The summed E-state index contributed by atoms with van der Waals surface area (Å²) in [6.45, 7) is 0. The normalized spacial score (nSPS) is 11.4. The standard InChI is InChI=1S/C10H4BCl2N3/c11-4-1-2-6-5(3-4)7-8(14-6)9(12)16-10(13)15-7/h1-3,14H. The average molecular weight is 248 g/mol. The fraction of sp³-hybridized carbons (Fsp3) is 0. The molecule has 1 aromatic carbocycles. The van der Waals surface area contributed by atoms with Crippen molar-refractivity contribution >= 4 is 58.4 Å². The molecule has 0 fully saturated rings. The largest absolute Gasteiger partial charge is 0.351 e. The van der Waals surface area contributed by atoms with Gasteiger partial charge < -0.3 is 4.98 Å². The summed E-state index contributed by atoms with van der Waals surface area (Å²) >= 11 is 11.7. The number of nitrogens with one attached hydrogen (secondary N) is 1. The molecule has 0 aliphatic heterocycles. The molecule has 2 heterocycles. The SMILES string of the molecule is [B]c1ccc2[nH]c3c(Cl)nc(Cl)nc3c2c1. The zero-order valence-electron chi connectivity index (χ0n) is 7.96. The van der Waals surface area contributed by atoms with Gasteiger partial charge in [-0.05, 0) is 17.7 Å². The van der Waals surface area contributed by atoms with E-state index in [-0.39, 0.29) is 5.28 Å². The third kappa shape index (κ3) is 1.38. The molecular weight excluding hydrogens is 244 g/mol. The maximum Gasteiger partial charge on any atom is 0.224 e. The van der Waals surface area contributed by atoms with Gasteiger partial charge in [0, 0.05) is 10.9 Å². The van der Waals surface area contributed by atoms with Crippen LogP contribution in [0.1, 0.15) is 0 Å². The zero-order valence-corrected chi connectivity index (χ0v) is 9.47. The van der Waals surface area contributed by atoms with Gasteiger partial charge in [0.25, 0.3) is 0 Å². The monoisotopic (exact) mass is 247 g/mol. The first-order chi connectivity index (χ1) is 7.65. The second-order valence-electron chi connectivity index (χ2n) is 3.44. The number of halogens is 2. The van der Waals surface area contributed by atoms with Gasteiger partial charge in [-0.2, -0.15) is 0 Å². The molecule has 0 amide bonds. The molecule has 0 spiro atoms.